The highest BCUT2D eigenvalue weighted by Crippen LogP contribution is 2.25. The minimum Gasteiger partial charge on any atom is -0.483 e. The van der Waals surface area contributed by atoms with Crippen molar-refractivity contribution in [2.24, 2.45) is 0 Å². The van der Waals surface area contributed by atoms with Gasteiger partial charge in [0.25, 0.3) is 5.91 Å². The Bertz CT molecular complexity index is 1020. The maximum Gasteiger partial charge on any atom is 0.319 e. The third-order valence-corrected chi connectivity index (χ3v) is 6.41. The van der Waals surface area contributed by atoms with Gasteiger partial charge in [0, 0.05) is 48.8 Å². The van der Waals surface area contributed by atoms with Gasteiger partial charge in [0.15, 0.2) is 6.61 Å². The van der Waals surface area contributed by atoms with Crippen LogP contribution in [-0.4, -0.2) is 79.1 Å². The lowest BCUT2D eigenvalue weighted by molar-refractivity contribution is -0.141. The summed E-state index contributed by atoms with van der Waals surface area (Å²) in [5.74, 6) is -0.122. The maximum atomic E-state index is 13.2. The highest BCUT2D eigenvalue weighted by Gasteiger charge is 2.32. The van der Waals surface area contributed by atoms with Crippen LogP contribution in [0.2, 0.25) is 5.02 Å². The predicted octanol–water partition coefficient (Wildman–Crippen LogP) is 3.58. The fourth-order valence-corrected chi connectivity index (χ4v) is 4.45. The first-order chi connectivity index (χ1) is 16.7. The zero-order valence-corrected chi connectivity index (χ0v) is 21.4. The Morgan fingerprint density at radius 1 is 1.11 bits per heavy atom. The molecule has 35 heavy (non-hydrogen) atoms. The number of amides is 1. The first-order valence-electron chi connectivity index (χ1n) is 11.6. The highest BCUT2D eigenvalue weighted by molar-refractivity contribution is 6.30. The van der Waals surface area contributed by atoms with Gasteiger partial charge in [0.2, 0.25) is 0 Å². The summed E-state index contributed by atoms with van der Waals surface area (Å²) in [7, 11) is 3.14. The van der Waals surface area contributed by atoms with E-state index in [0.29, 0.717) is 30.4 Å². The van der Waals surface area contributed by atoms with Crippen LogP contribution in [0.5, 0.6) is 5.75 Å². The SMILES string of the molecule is COC(=O)CN(C)Cc1cc(Cl)ccc1OCC(=O)N1C[C@H](C)N(Cc2ccc(F)cc2)C[C@H]1C. The standard InChI is InChI=1S/C26H33ClFN3O4/c1-18-13-31(19(2)12-30(18)14-20-5-8-23(28)9-6-20)25(32)17-35-24-10-7-22(27)11-21(24)15-29(3)16-26(33)34-4/h5-11,18-19H,12-17H2,1-4H3/t18-,19+/m0/s1. The van der Waals surface area contributed by atoms with Gasteiger partial charge < -0.3 is 14.4 Å². The summed E-state index contributed by atoms with van der Waals surface area (Å²) in [6.07, 6.45) is 0. The van der Waals surface area contributed by atoms with Crippen molar-refractivity contribution in [2.45, 2.75) is 39.0 Å². The van der Waals surface area contributed by atoms with Crippen LogP contribution >= 0.6 is 11.6 Å². The largest absolute Gasteiger partial charge is 0.483 e. The average Bonchev–Trinajstić information content (AvgIpc) is 2.81. The number of ether oxygens (including phenoxy) is 2. The van der Waals surface area contributed by atoms with Crippen molar-refractivity contribution in [3.8, 4) is 5.75 Å². The molecule has 2 aromatic carbocycles. The number of carbonyl (C=O) groups excluding carboxylic acids is 2. The van der Waals surface area contributed by atoms with Crippen molar-refractivity contribution in [3.05, 3.63) is 64.4 Å². The second kappa shape index (κ2) is 12.3. The fourth-order valence-electron chi connectivity index (χ4n) is 4.26. The molecule has 1 aliphatic heterocycles. The summed E-state index contributed by atoms with van der Waals surface area (Å²) in [6.45, 7) is 6.56. The van der Waals surface area contributed by atoms with Gasteiger partial charge in [0.05, 0.1) is 13.7 Å². The number of esters is 1. The molecule has 2 aromatic rings. The minimum absolute atomic E-state index is 0.0126. The Labute approximate surface area is 211 Å². The van der Waals surface area contributed by atoms with E-state index >= 15 is 0 Å². The Morgan fingerprint density at radius 3 is 2.51 bits per heavy atom. The predicted molar refractivity (Wildman–Crippen MR) is 133 cm³/mol. The summed E-state index contributed by atoms with van der Waals surface area (Å²) < 4.78 is 23.8. The van der Waals surface area contributed by atoms with Gasteiger partial charge >= 0.3 is 5.97 Å². The third kappa shape index (κ3) is 7.65. The molecule has 2 atom stereocenters. The number of hydrogen-bond acceptors (Lipinski definition) is 6. The van der Waals surface area contributed by atoms with E-state index in [1.54, 1.807) is 42.3 Å². The number of methoxy groups -OCH3 is 1. The molecule has 1 aliphatic rings. The van der Waals surface area contributed by atoms with E-state index in [4.69, 9.17) is 21.1 Å². The minimum atomic E-state index is -0.339. The van der Waals surface area contributed by atoms with Gasteiger partial charge in [-0.25, -0.2) is 4.39 Å². The van der Waals surface area contributed by atoms with Crippen LogP contribution in [0, 0.1) is 5.82 Å². The van der Waals surface area contributed by atoms with Crippen molar-refractivity contribution >= 4 is 23.5 Å². The van der Waals surface area contributed by atoms with Crippen LogP contribution in [0.1, 0.15) is 25.0 Å². The first-order valence-corrected chi connectivity index (χ1v) is 12.0. The van der Waals surface area contributed by atoms with Crippen LogP contribution in [0.15, 0.2) is 42.5 Å². The highest BCUT2D eigenvalue weighted by atomic mass is 35.5. The molecule has 1 saturated heterocycles. The van der Waals surface area contributed by atoms with E-state index in [2.05, 4.69) is 11.8 Å². The molecule has 0 unspecified atom stereocenters. The Kier molecular flexibility index (Phi) is 9.48. The Hall–Kier alpha value is -2.68. The molecule has 0 radical (unpaired) electrons. The molecule has 3 rings (SSSR count). The molecule has 1 fully saturated rings. The smallest absolute Gasteiger partial charge is 0.319 e. The van der Waals surface area contributed by atoms with E-state index in [1.165, 1.54) is 19.2 Å². The lowest BCUT2D eigenvalue weighted by Gasteiger charge is -2.44. The summed E-state index contributed by atoms with van der Waals surface area (Å²) in [5, 5.41) is 0.546. The van der Waals surface area contributed by atoms with Gasteiger partial charge in [-0.15, -0.1) is 0 Å². The van der Waals surface area contributed by atoms with E-state index < -0.39 is 0 Å². The van der Waals surface area contributed by atoms with E-state index in [-0.39, 0.29) is 42.9 Å². The number of rotatable bonds is 9. The van der Waals surface area contributed by atoms with Crippen LogP contribution in [0.25, 0.3) is 0 Å². The molecular weight excluding hydrogens is 473 g/mol. The lowest BCUT2D eigenvalue weighted by atomic mass is 10.1. The molecule has 190 valence electrons. The van der Waals surface area contributed by atoms with E-state index in [0.717, 1.165) is 17.7 Å². The fraction of sp³-hybridized carbons (Fsp3) is 0.462. The van der Waals surface area contributed by atoms with Crippen LogP contribution in [0.3, 0.4) is 0 Å². The third-order valence-electron chi connectivity index (χ3n) is 6.17. The lowest BCUT2D eigenvalue weighted by Crippen LogP contribution is -2.58. The Balaban J connectivity index is 1.58. The zero-order chi connectivity index (χ0) is 25.5. The number of halogens is 2. The second-order valence-electron chi connectivity index (χ2n) is 9.09. The molecular formula is C26H33ClFN3O4. The molecule has 1 amide bonds. The summed E-state index contributed by atoms with van der Waals surface area (Å²) in [4.78, 5) is 30.6. The average molecular weight is 506 g/mol. The number of carbonyl (C=O) groups is 2. The van der Waals surface area contributed by atoms with Gasteiger partial charge in [-0.3, -0.25) is 19.4 Å². The van der Waals surface area contributed by atoms with Crippen LogP contribution in [-0.2, 0) is 27.4 Å². The molecule has 0 saturated carbocycles. The van der Waals surface area contributed by atoms with Crippen molar-refractivity contribution in [1.82, 2.24) is 14.7 Å². The molecule has 0 aliphatic carbocycles. The molecule has 0 N–H and O–H groups in total. The molecule has 0 aromatic heterocycles. The zero-order valence-electron chi connectivity index (χ0n) is 20.7. The molecule has 0 spiro atoms. The summed E-state index contributed by atoms with van der Waals surface area (Å²) >= 11 is 6.17. The van der Waals surface area contributed by atoms with Gasteiger partial charge in [-0.05, 0) is 56.8 Å². The van der Waals surface area contributed by atoms with E-state index in [1.807, 2.05) is 11.8 Å². The van der Waals surface area contributed by atoms with Gasteiger partial charge in [0.1, 0.15) is 11.6 Å². The van der Waals surface area contributed by atoms with E-state index in [9.17, 15) is 14.0 Å². The molecule has 7 nitrogen and oxygen atoms in total. The normalized spacial score (nSPS) is 18.5. The number of hydrogen-bond donors (Lipinski definition) is 0. The monoisotopic (exact) mass is 505 g/mol. The van der Waals surface area contributed by atoms with Gasteiger partial charge in [-0.2, -0.15) is 0 Å². The number of likely N-dealkylation sites (N-methyl/N-ethyl adjacent to an activating group) is 1. The topological polar surface area (TPSA) is 62.3 Å². The first kappa shape index (κ1) is 26.9. The number of piperazine rings is 1. The van der Waals surface area contributed by atoms with Crippen molar-refractivity contribution in [3.63, 3.8) is 0 Å². The molecule has 1 heterocycles. The van der Waals surface area contributed by atoms with Crippen molar-refractivity contribution in [1.29, 1.82) is 0 Å². The molecule has 0 bridgehead atoms. The van der Waals surface area contributed by atoms with Crippen LogP contribution in [0.4, 0.5) is 4.39 Å². The van der Waals surface area contributed by atoms with Crippen LogP contribution < -0.4 is 4.74 Å². The summed E-state index contributed by atoms with van der Waals surface area (Å²) in [5.41, 5.74) is 1.82. The van der Waals surface area contributed by atoms with Crippen molar-refractivity contribution < 1.29 is 23.5 Å². The second-order valence-corrected chi connectivity index (χ2v) is 9.53. The number of benzene rings is 2. The maximum absolute atomic E-state index is 13.2. The quantitative estimate of drug-likeness (QED) is 0.485. The van der Waals surface area contributed by atoms with Crippen molar-refractivity contribution in [2.75, 3.05) is 40.4 Å². The summed E-state index contributed by atoms with van der Waals surface area (Å²) in [6, 6.07) is 11.9. The molecule has 9 heteroatoms. The van der Waals surface area contributed by atoms with Gasteiger partial charge in [-0.1, -0.05) is 23.7 Å². The number of nitrogens with zero attached hydrogens (tertiary/aromatic N) is 3. The Morgan fingerprint density at radius 2 is 1.83 bits per heavy atom.